The number of para-hydroxylation sites is 1. The number of hydrogen-bond acceptors (Lipinski definition) is 1. The van der Waals surface area contributed by atoms with Gasteiger partial charge >= 0.3 is 0 Å². The van der Waals surface area contributed by atoms with Crippen LogP contribution in [-0.4, -0.2) is 16.9 Å². The Morgan fingerprint density at radius 3 is 2.45 bits per heavy atom. The van der Waals surface area contributed by atoms with E-state index in [9.17, 15) is 4.79 Å². The summed E-state index contributed by atoms with van der Waals surface area (Å²) < 4.78 is 0. The Morgan fingerprint density at radius 1 is 1.05 bits per heavy atom. The van der Waals surface area contributed by atoms with Crippen molar-refractivity contribution in [1.82, 2.24) is 10.3 Å². The molecule has 2 aromatic carbocycles. The minimum Gasteiger partial charge on any atom is -0.354 e. The highest BCUT2D eigenvalue weighted by Gasteiger charge is 2.16. The summed E-state index contributed by atoms with van der Waals surface area (Å²) in [4.78, 5) is 15.7. The lowest BCUT2D eigenvalue weighted by Crippen LogP contribution is -2.31. The van der Waals surface area contributed by atoms with Crippen molar-refractivity contribution in [3.63, 3.8) is 0 Å². The third kappa shape index (κ3) is 2.89. The van der Waals surface area contributed by atoms with Crippen LogP contribution in [0.1, 0.15) is 19.4 Å². The number of carbonyl (C=O) groups is 1. The molecule has 0 spiro atoms. The first-order valence-electron chi connectivity index (χ1n) is 7.59. The van der Waals surface area contributed by atoms with Gasteiger partial charge in [0, 0.05) is 16.9 Å². The fourth-order valence-corrected chi connectivity index (χ4v) is 2.77. The van der Waals surface area contributed by atoms with Crippen molar-refractivity contribution in [2.24, 2.45) is 0 Å². The van der Waals surface area contributed by atoms with E-state index in [2.05, 4.69) is 28.5 Å². The molecular formula is C19H20N2O. The van der Waals surface area contributed by atoms with Gasteiger partial charge in [-0.2, -0.15) is 0 Å². The molecule has 2 N–H and O–H groups in total. The van der Waals surface area contributed by atoms with E-state index in [-0.39, 0.29) is 11.9 Å². The predicted molar refractivity (Wildman–Crippen MR) is 90.7 cm³/mol. The Morgan fingerprint density at radius 2 is 1.73 bits per heavy atom. The standard InChI is InChI=1S/C19H20N2O/c1-13(2)20-18(22)12-16-15-10-6-7-11-17(15)21-19(16)14-8-4-3-5-9-14/h3-11,13,21H,12H2,1-2H3,(H,20,22). The van der Waals surface area contributed by atoms with Gasteiger partial charge in [-0.25, -0.2) is 0 Å². The zero-order chi connectivity index (χ0) is 15.5. The van der Waals surface area contributed by atoms with Crippen molar-refractivity contribution in [2.45, 2.75) is 26.3 Å². The van der Waals surface area contributed by atoms with Gasteiger partial charge in [-0.05, 0) is 31.0 Å². The number of aromatic nitrogens is 1. The van der Waals surface area contributed by atoms with Crippen LogP contribution >= 0.6 is 0 Å². The van der Waals surface area contributed by atoms with Gasteiger partial charge in [0.15, 0.2) is 0 Å². The fraction of sp³-hybridized carbons (Fsp3) is 0.211. The zero-order valence-corrected chi connectivity index (χ0v) is 12.9. The highest BCUT2D eigenvalue weighted by Crippen LogP contribution is 2.30. The molecule has 0 aliphatic rings. The topological polar surface area (TPSA) is 44.9 Å². The third-order valence-corrected chi connectivity index (χ3v) is 3.66. The second kappa shape index (κ2) is 6.06. The van der Waals surface area contributed by atoms with Crippen LogP contribution in [0.15, 0.2) is 54.6 Å². The first kappa shape index (κ1) is 14.4. The number of aromatic amines is 1. The highest BCUT2D eigenvalue weighted by atomic mass is 16.1. The first-order valence-corrected chi connectivity index (χ1v) is 7.59. The van der Waals surface area contributed by atoms with Crippen LogP contribution in [0.3, 0.4) is 0 Å². The summed E-state index contributed by atoms with van der Waals surface area (Å²) in [6.45, 7) is 3.95. The second-order valence-electron chi connectivity index (χ2n) is 5.79. The number of amides is 1. The molecule has 0 saturated carbocycles. The molecule has 1 aromatic heterocycles. The van der Waals surface area contributed by atoms with Crippen LogP contribution in [0.2, 0.25) is 0 Å². The number of rotatable bonds is 4. The second-order valence-corrected chi connectivity index (χ2v) is 5.79. The van der Waals surface area contributed by atoms with E-state index >= 15 is 0 Å². The third-order valence-electron chi connectivity index (χ3n) is 3.66. The Labute approximate surface area is 130 Å². The number of hydrogen-bond donors (Lipinski definition) is 2. The summed E-state index contributed by atoms with van der Waals surface area (Å²) in [6, 6.07) is 18.4. The molecule has 3 rings (SSSR count). The van der Waals surface area contributed by atoms with Gasteiger partial charge in [-0.1, -0.05) is 48.5 Å². The van der Waals surface area contributed by atoms with Crippen LogP contribution in [0.5, 0.6) is 0 Å². The molecule has 0 atom stereocenters. The molecule has 112 valence electrons. The summed E-state index contributed by atoms with van der Waals surface area (Å²) in [5.41, 5.74) is 4.25. The van der Waals surface area contributed by atoms with Gasteiger partial charge in [0.1, 0.15) is 0 Å². The van der Waals surface area contributed by atoms with Crippen molar-refractivity contribution >= 4 is 16.8 Å². The lowest BCUT2D eigenvalue weighted by atomic mass is 10.0. The van der Waals surface area contributed by atoms with Gasteiger partial charge in [0.05, 0.1) is 12.1 Å². The van der Waals surface area contributed by atoms with Crippen molar-refractivity contribution in [3.8, 4) is 11.3 Å². The molecule has 1 heterocycles. The zero-order valence-electron chi connectivity index (χ0n) is 12.9. The van der Waals surface area contributed by atoms with Crippen molar-refractivity contribution in [1.29, 1.82) is 0 Å². The molecule has 3 aromatic rings. The Hall–Kier alpha value is -2.55. The maximum absolute atomic E-state index is 12.2. The quantitative estimate of drug-likeness (QED) is 0.752. The van der Waals surface area contributed by atoms with Gasteiger partial charge < -0.3 is 10.3 Å². The van der Waals surface area contributed by atoms with E-state index in [0.29, 0.717) is 6.42 Å². The predicted octanol–water partition coefficient (Wildman–Crippen LogP) is 3.90. The molecule has 0 aliphatic heterocycles. The Kier molecular flexibility index (Phi) is 3.96. The summed E-state index contributed by atoms with van der Waals surface area (Å²) in [5, 5.41) is 4.08. The summed E-state index contributed by atoms with van der Waals surface area (Å²) in [6.07, 6.45) is 0.381. The lowest BCUT2D eigenvalue weighted by molar-refractivity contribution is -0.120. The molecule has 0 unspecified atom stereocenters. The van der Waals surface area contributed by atoms with E-state index in [1.165, 1.54) is 0 Å². The molecule has 3 nitrogen and oxygen atoms in total. The highest BCUT2D eigenvalue weighted by molar-refractivity contribution is 5.95. The molecule has 0 aliphatic carbocycles. The van der Waals surface area contributed by atoms with Crippen molar-refractivity contribution in [2.75, 3.05) is 0 Å². The maximum atomic E-state index is 12.2. The van der Waals surface area contributed by atoms with Gasteiger partial charge in [-0.15, -0.1) is 0 Å². The first-order chi connectivity index (χ1) is 10.6. The maximum Gasteiger partial charge on any atom is 0.224 e. The van der Waals surface area contributed by atoms with Crippen LogP contribution < -0.4 is 5.32 Å². The van der Waals surface area contributed by atoms with Crippen LogP contribution in [0.4, 0.5) is 0 Å². The molecule has 0 bridgehead atoms. The molecule has 0 saturated heterocycles. The lowest BCUT2D eigenvalue weighted by Gasteiger charge is -2.09. The molecular weight excluding hydrogens is 272 g/mol. The summed E-state index contributed by atoms with van der Waals surface area (Å²) in [5.74, 6) is 0.0527. The number of H-pyrrole nitrogens is 1. The van der Waals surface area contributed by atoms with Crippen LogP contribution in [-0.2, 0) is 11.2 Å². The largest absolute Gasteiger partial charge is 0.354 e. The summed E-state index contributed by atoms with van der Waals surface area (Å²) in [7, 11) is 0. The van der Waals surface area contributed by atoms with Gasteiger partial charge in [0.2, 0.25) is 5.91 Å². The van der Waals surface area contributed by atoms with E-state index < -0.39 is 0 Å². The molecule has 0 fully saturated rings. The van der Waals surface area contributed by atoms with Crippen LogP contribution in [0.25, 0.3) is 22.2 Å². The van der Waals surface area contributed by atoms with Crippen molar-refractivity contribution < 1.29 is 4.79 Å². The Bertz CT molecular complexity index is 788. The summed E-state index contributed by atoms with van der Waals surface area (Å²) >= 11 is 0. The van der Waals surface area contributed by atoms with E-state index in [0.717, 1.165) is 27.7 Å². The van der Waals surface area contributed by atoms with Crippen LogP contribution in [0, 0.1) is 0 Å². The number of nitrogens with one attached hydrogen (secondary N) is 2. The average molecular weight is 292 g/mol. The van der Waals surface area contributed by atoms with Crippen molar-refractivity contribution in [3.05, 3.63) is 60.2 Å². The number of carbonyl (C=O) groups excluding carboxylic acids is 1. The number of fused-ring (bicyclic) bond motifs is 1. The smallest absolute Gasteiger partial charge is 0.224 e. The minimum atomic E-state index is 0.0527. The fourth-order valence-electron chi connectivity index (χ4n) is 2.77. The molecule has 1 amide bonds. The molecule has 22 heavy (non-hydrogen) atoms. The van der Waals surface area contributed by atoms with E-state index in [4.69, 9.17) is 0 Å². The minimum absolute atomic E-state index is 0.0527. The Balaban J connectivity index is 2.08. The monoisotopic (exact) mass is 292 g/mol. The molecule has 0 radical (unpaired) electrons. The number of benzene rings is 2. The molecule has 3 heteroatoms. The average Bonchev–Trinajstić information content (AvgIpc) is 2.86. The van der Waals surface area contributed by atoms with Gasteiger partial charge in [-0.3, -0.25) is 4.79 Å². The van der Waals surface area contributed by atoms with E-state index in [1.807, 2.05) is 50.2 Å². The normalized spacial score (nSPS) is 11.0. The van der Waals surface area contributed by atoms with E-state index in [1.54, 1.807) is 0 Å². The van der Waals surface area contributed by atoms with Gasteiger partial charge in [0.25, 0.3) is 0 Å². The SMILES string of the molecule is CC(C)NC(=O)Cc1c(-c2ccccc2)[nH]c2ccccc12.